The molecule has 0 saturated carbocycles. The van der Waals surface area contributed by atoms with E-state index in [1.54, 1.807) is 38.3 Å². The van der Waals surface area contributed by atoms with Crippen LogP contribution in [0.25, 0.3) is 0 Å². The Morgan fingerprint density at radius 3 is 2.29 bits per heavy atom. The average Bonchev–Trinajstić information content (AvgIpc) is 2.54. The topological polar surface area (TPSA) is 69.7 Å². The van der Waals surface area contributed by atoms with Crippen LogP contribution in [-0.4, -0.2) is 40.0 Å². The first-order valence-corrected chi connectivity index (χ1v) is 9.94. The van der Waals surface area contributed by atoms with E-state index < -0.39 is 21.1 Å². The Balaban J connectivity index is 2.80. The van der Waals surface area contributed by atoms with Crippen LogP contribution in [0.1, 0.15) is 44.6 Å². The van der Waals surface area contributed by atoms with Gasteiger partial charge in [-0.25, -0.2) is 8.42 Å². The van der Waals surface area contributed by atoms with Gasteiger partial charge in [-0.2, -0.15) is 0 Å². The fraction of sp³-hybridized carbons (Fsp3) is 0.611. The highest BCUT2D eigenvalue weighted by Crippen LogP contribution is 2.22. The van der Waals surface area contributed by atoms with E-state index in [-0.39, 0.29) is 17.9 Å². The van der Waals surface area contributed by atoms with Crippen molar-refractivity contribution in [3.8, 4) is 0 Å². The zero-order valence-corrected chi connectivity index (χ0v) is 15.6. The summed E-state index contributed by atoms with van der Waals surface area (Å²) in [6.07, 6.45) is 3.70. The quantitative estimate of drug-likeness (QED) is 0.449. The first kappa shape index (κ1) is 20.6. The van der Waals surface area contributed by atoms with E-state index in [0.717, 1.165) is 24.8 Å². The number of hydrogen-bond donors (Lipinski definition) is 0. The molecule has 0 heterocycles. The molecule has 0 aromatic heterocycles. The predicted octanol–water partition coefficient (Wildman–Crippen LogP) is 3.30. The highest BCUT2D eigenvalue weighted by Gasteiger charge is 2.34. The molecule has 0 amide bonds. The molecule has 0 aliphatic carbocycles. The van der Waals surface area contributed by atoms with Gasteiger partial charge in [0.15, 0.2) is 15.1 Å². The van der Waals surface area contributed by atoms with Crippen LogP contribution in [-0.2, 0) is 24.1 Å². The second-order valence-corrected chi connectivity index (χ2v) is 7.92. The lowest BCUT2D eigenvalue weighted by Crippen LogP contribution is -2.32. The number of rotatable bonds is 11. The number of hydrogen-bond acceptors (Lipinski definition) is 5. The minimum Gasteiger partial charge on any atom is -0.465 e. The van der Waals surface area contributed by atoms with Gasteiger partial charge in [0.1, 0.15) is 0 Å². The summed E-state index contributed by atoms with van der Waals surface area (Å²) in [6.45, 7) is 4.44. The summed E-state index contributed by atoms with van der Waals surface area (Å²) in [5.74, 6) is -0.657. The van der Waals surface area contributed by atoms with Crippen LogP contribution < -0.4 is 0 Å². The van der Waals surface area contributed by atoms with Crippen molar-refractivity contribution in [2.45, 2.75) is 56.1 Å². The molecule has 136 valence electrons. The van der Waals surface area contributed by atoms with Crippen LogP contribution >= 0.6 is 0 Å². The molecule has 0 aliphatic heterocycles. The van der Waals surface area contributed by atoms with Gasteiger partial charge in [0.25, 0.3) is 0 Å². The molecule has 0 bridgehead atoms. The summed E-state index contributed by atoms with van der Waals surface area (Å²) in [5, 5.41) is -1.14. The van der Waals surface area contributed by atoms with Gasteiger partial charge in [-0.05, 0) is 38.8 Å². The Kier molecular flexibility index (Phi) is 9.00. The summed E-state index contributed by atoms with van der Waals surface area (Å²) in [4.78, 5) is 12.3. The second-order valence-electron chi connectivity index (χ2n) is 5.79. The molecule has 5 nitrogen and oxygen atoms in total. The predicted molar refractivity (Wildman–Crippen MR) is 93.7 cm³/mol. The van der Waals surface area contributed by atoms with Crippen molar-refractivity contribution in [2.75, 3.05) is 20.3 Å². The second kappa shape index (κ2) is 10.5. The van der Waals surface area contributed by atoms with Gasteiger partial charge in [0.2, 0.25) is 0 Å². The van der Waals surface area contributed by atoms with Crippen molar-refractivity contribution < 1.29 is 22.7 Å². The molecule has 0 fully saturated rings. The van der Waals surface area contributed by atoms with Crippen molar-refractivity contribution in [1.29, 1.82) is 0 Å². The molecular formula is C18H28O5S. The van der Waals surface area contributed by atoms with Crippen LogP contribution in [0.4, 0.5) is 0 Å². The van der Waals surface area contributed by atoms with Gasteiger partial charge in [0, 0.05) is 13.7 Å². The number of carbonyl (C=O) groups excluding carboxylic acids is 1. The summed E-state index contributed by atoms with van der Waals surface area (Å²) in [5.41, 5.74) is 0.972. The van der Waals surface area contributed by atoms with Gasteiger partial charge in [0.05, 0.1) is 11.5 Å². The number of ether oxygens (including phenoxy) is 2. The monoisotopic (exact) mass is 356 g/mol. The zero-order valence-electron chi connectivity index (χ0n) is 14.8. The van der Waals surface area contributed by atoms with Crippen molar-refractivity contribution in [3.63, 3.8) is 0 Å². The third kappa shape index (κ3) is 6.24. The highest BCUT2D eigenvalue weighted by molar-refractivity contribution is 7.92. The Hall–Kier alpha value is -1.40. The molecule has 0 N–H and O–H groups in total. The Morgan fingerprint density at radius 2 is 1.71 bits per heavy atom. The van der Waals surface area contributed by atoms with Crippen molar-refractivity contribution >= 4 is 15.8 Å². The third-order valence-corrected chi connectivity index (χ3v) is 5.94. The van der Waals surface area contributed by atoms with Gasteiger partial charge in [-0.1, -0.05) is 37.0 Å². The van der Waals surface area contributed by atoms with E-state index in [4.69, 9.17) is 9.47 Å². The number of carbonyl (C=O) groups is 1. The van der Waals surface area contributed by atoms with E-state index in [1.807, 2.05) is 6.92 Å². The van der Waals surface area contributed by atoms with Gasteiger partial charge >= 0.3 is 5.97 Å². The molecular weight excluding hydrogens is 328 g/mol. The highest BCUT2D eigenvalue weighted by atomic mass is 32.2. The summed E-state index contributed by atoms with van der Waals surface area (Å²) in [6, 6.07) is 6.57. The SMILES string of the molecule is CCOC(=O)C(CCCCCCOC)S(=O)(=O)c1ccc(C)cc1. The Morgan fingerprint density at radius 1 is 1.08 bits per heavy atom. The summed E-state index contributed by atoms with van der Waals surface area (Å²) < 4.78 is 35.6. The minimum atomic E-state index is -3.74. The van der Waals surface area contributed by atoms with Crippen LogP contribution in [0.2, 0.25) is 0 Å². The molecule has 24 heavy (non-hydrogen) atoms. The van der Waals surface area contributed by atoms with Crippen LogP contribution in [0.3, 0.4) is 0 Å². The Labute approximate surface area is 145 Å². The normalized spacial score (nSPS) is 12.8. The first-order chi connectivity index (χ1) is 11.4. The zero-order chi connectivity index (χ0) is 18.0. The molecule has 1 rings (SSSR count). The van der Waals surface area contributed by atoms with Crippen molar-refractivity contribution in [3.05, 3.63) is 29.8 Å². The number of sulfone groups is 1. The smallest absolute Gasteiger partial charge is 0.324 e. The number of unbranched alkanes of at least 4 members (excludes halogenated alkanes) is 3. The maximum atomic E-state index is 12.8. The molecule has 6 heteroatoms. The fourth-order valence-corrected chi connectivity index (χ4v) is 4.10. The van der Waals surface area contributed by atoms with Crippen molar-refractivity contribution in [2.24, 2.45) is 0 Å². The van der Waals surface area contributed by atoms with Crippen molar-refractivity contribution in [1.82, 2.24) is 0 Å². The Bertz CT molecular complexity index is 592. The lowest BCUT2D eigenvalue weighted by molar-refractivity contribution is -0.142. The average molecular weight is 356 g/mol. The fourth-order valence-electron chi connectivity index (χ4n) is 2.46. The molecule has 0 spiro atoms. The number of benzene rings is 1. The van der Waals surface area contributed by atoms with E-state index in [2.05, 4.69) is 0 Å². The van der Waals surface area contributed by atoms with E-state index in [1.165, 1.54) is 0 Å². The number of esters is 1. The molecule has 1 unspecified atom stereocenters. The third-order valence-electron chi connectivity index (χ3n) is 3.84. The van der Waals surface area contributed by atoms with E-state index >= 15 is 0 Å². The lowest BCUT2D eigenvalue weighted by Gasteiger charge is -2.16. The van der Waals surface area contributed by atoms with Crippen LogP contribution in [0.5, 0.6) is 0 Å². The van der Waals surface area contributed by atoms with Gasteiger partial charge in [-0.15, -0.1) is 0 Å². The maximum absolute atomic E-state index is 12.8. The lowest BCUT2D eigenvalue weighted by atomic mass is 10.1. The summed E-state index contributed by atoms with van der Waals surface area (Å²) in [7, 11) is -2.08. The minimum absolute atomic E-state index is 0.172. The first-order valence-electron chi connectivity index (χ1n) is 8.39. The number of aryl methyl sites for hydroxylation is 1. The molecule has 1 aromatic carbocycles. The molecule has 0 radical (unpaired) electrons. The molecule has 0 aliphatic rings. The van der Waals surface area contributed by atoms with E-state index in [0.29, 0.717) is 13.0 Å². The standard InChI is InChI=1S/C18H28O5S/c1-4-23-18(19)17(9-7-5-6-8-14-22-3)24(20,21)16-12-10-15(2)11-13-16/h10-13,17H,4-9,14H2,1-3H3. The van der Waals surface area contributed by atoms with Crippen LogP contribution in [0, 0.1) is 6.92 Å². The number of methoxy groups -OCH3 is 1. The van der Waals surface area contributed by atoms with Gasteiger partial charge in [-0.3, -0.25) is 4.79 Å². The summed E-state index contributed by atoms with van der Waals surface area (Å²) >= 11 is 0. The molecule has 1 aromatic rings. The van der Waals surface area contributed by atoms with Gasteiger partial charge < -0.3 is 9.47 Å². The largest absolute Gasteiger partial charge is 0.465 e. The molecule has 0 saturated heterocycles. The molecule has 1 atom stereocenters. The van der Waals surface area contributed by atoms with E-state index in [9.17, 15) is 13.2 Å². The maximum Gasteiger partial charge on any atom is 0.324 e. The van der Waals surface area contributed by atoms with Crippen LogP contribution in [0.15, 0.2) is 29.2 Å².